The molecule has 3 aromatic rings. The van der Waals surface area contributed by atoms with E-state index in [0.29, 0.717) is 10.6 Å². The molecule has 4 rings (SSSR count). The monoisotopic (exact) mass is 435 g/mol. The largest absolute Gasteiger partial charge is 0.368 e. The Labute approximate surface area is 187 Å². The molecule has 0 atom stereocenters. The summed E-state index contributed by atoms with van der Waals surface area (Å²) in [5, 5.41) is 5.31. The van der Waals surface area contributed by atoms with Gasteiger partial charge in [0.2, 0.25) is 5.91 Å². The predicted octanol–water partition coefficient (Wildman–Crippen LogP) is 5.05. The van der Waals surface area contributed by atoms with Crippen LogP contribution >= 0.6 is 11.6 Å². The molecule has 1 fully saturated rings. The average molecular weight is 436 g/mol. The Morgan fingerprint density at radius 2 is 1.52 bits per heavy atom. The Bertz CT molecular complexity index is 1100. The molecule has 0 unspecified atom stereocenters. The quantitative estimate of drug-likeness (QED) is 0.623. The lowest BCUT2D eigenvalue weighted by Crippen LogP contribution is -2.49. The molecule has 5 nitrogen and oxygen atoms in total. The van der Waals surface area contributed by atoms with E-state index in [2.05, 4.69) is 10.2 Å². The number of hydrogen-bond donors (Lipinski definition) is 1. The number of fused-ring (bicyclic) bond motifs is 1. The number of nitrogens with zero attached hydrogens (tertiary/aromatic N) is 2. The minimum absolute atomic E-state index is 0.0344. The number of carbonyl (C=O) groups excluding carboxylic acids is 2. The molecule has 1 heterocycles. The zero-order valence-corrected chi connectivity index (χ0v) is 18.5. The Morgan fingerprint density at radius 1 is 0.871 bits per heavy atom. The molecule has 0 aromatic heterocycles. The van der Waals surface area contributed by atoms with Crippen LogP contribution < -0.4 is 10.2 Å². The molecule has 160 valence electrons. The molecule has 0 spiro atoms. The Morgan fingerprint density at radius 3 is 2.19 bits per heavy atom. The normalized spacial score (nSPS) is 14.2. The van der Waals surface area contributed by atoms with Gasteiger partial charge in [0.15, 0.2) is 0 Å². The van der Waals surface area contributed by atoms with Gasteiger partial charge in [-0.15, -0.1) is 0 Å². The van der Waals surface area contributed by atoms with Gasteiger partial charge in [-0.25, -0.2) is 0 Å². The van der Waals surface area contributed by atoms with Crippen molar-refractivity contribution in [2.45, 2.75) is 13.8 Å². The lowest BCUT2D eigenvalue weighted by atomic mass is 10.0. The number of benzene rings is 3. The van der Waals surface area contributed by atoms with Crippen molar-refractivity contribution in [3.8, 4) is 0 Å². The third kappa shape index (κ3) is 4.52. The Hall–Kier alpha value is -3.05. The first kappa shape index (κ1) is 21.2. The van der Waals surface area contributed by atoms with E-state index in [4.69, 9.17) is 11.6 Å². The lowest BCUT2D eigenvalue weighted by Gasteiger charge is -2.37. The van der Waals surface area contributed by atoms with Crippen molar-refractivity contribution in [1.29, 1.82) is 0 Å². The summed E-state index contributed by atoms with van der Waals surface area (Å²) in [5.41, 5.74) is 2.42. The van der Waals surface area contributed by atoms with Crippen molar-refractivity contribution in [2.75, 3.05) is 36.4 Å². The van der Waals surface area contributed by atoms with Gasteiger partial charge in [0, 0.05) is 59.4 Å². The fraction of sp³-hybridized carbons (Fsp3) is 0.280. The number of rotatable bonds is 4. The van der Waals surface area contributed by atoms with Crippen LogP contribution in [0.1, 0.15) is 24.2 Å². The van der Waals surface area contributed by atoms with Gasteiger partial charge in [0.25, 0.3) is 5.91 Å². The zero-order valence-electron chi connectivity index (χ0n) is 17.8. The number of anilines is 2. The van der Waals surface area contributed by atoms with Crippen molar-refractivity contribution in [3.63, 3.8) is 0 Å². The maximum absolute atomic E-state index is 12.9. The standard InChI is InChI=1S/C25H26ClN3O2/c1-17(2)25(31)29-15-13-28(14-16-29)19-11-9-18(10-12-19)27-24(30)22-7-3-6-21-20(22)5-4-8-23(21)26/h3-12,17H,13-16H2,1-2H3,(H,27,30). The topological polar surface area (TPSA) is 52.7 Å². The predicted molar refractivity (Wildman–Crippen MR) is 127 cm³/mol. The fourth-order valence-corrected chi connectivity index (χ4v) is 4.21. The lowest BCUT2D eigenvalue weighted by molar-refractivity contribution is -0.134. The number of nitrogens with one attached hydrogen (secondary N) is 1. The van der Waals surface area contributed by atoms with Crippen LogP contribution in [0.4, 0.5) is 11.4 Å². The molecule has 1 aliphatic heterocycles. The molecular weight excluding hydrogens is 410 g/mol. The van der Waals surface area contributed by atoms with Gasteiger partial charge < -0.3 is 15.1 Å². The maximum atomic E-state index is 12.9. The maximum Gasteiger partial charge on any atom is 0.256 e. The van der Waals surface area contributed by atoms with E-state index in [1.54, 1.807) is 6.07 Å². The summed E-state index contributed by atoms with van der Waals surface area (Å²) in [7, 11) is 0. The number of hydrogen-bond acceptors (Lipinski definition) is 3. The number of piperazine rings is 1. The first-order valence-electron chi connectivity index (χ1n) is 10.6. The number of amides is 2. The van der Waals surface area contributed by atoms with Crippen LogP contribution in [-0.2, 0) is 4.79 Å². The van der Waals surface area contributed by atoms with Gasteiger partial charge in [-0.2, -0.15) is 0 Å². The van der Waals surface area contributed by atoms with Crippen LogP contribution in [0.25, 0.3) is 10.8 Å². The fourth-order valence-electron chi connectivity index (χ4n) is 3.97. The van der Waals surface area contributed by atoms with Gasteiger partial charge in [-0.1, -0.05) is 49.7 Å². The molecule has 2 amide bonds. The highest BCUT2D eigenvalue weighted by molar-refractivity contribution is 6.36. The van der Waals surface area contributed by atoms with Crippen molar-refractivity contribution in [3.05, 3.63) is 71.2 Å². The van der Waals surface area contributed by atoms with Crippen LogP contribution in [0, 0.1) is 5.92 Å². The molecule has 1 aliphatic rings. The highest BCUT2D eigenvalue weighted by Crippen LogP contribution is 2.27. The summed E-state index contributed by atoms with van der Waals surface area (Å²) >= 11 is 6.27. The van der Waals surface area contributed by atoms with E-state index in [9.17, 15) is 9.59 Å². The van der Waals surface area contributed by atoms with Crippen molar-refractivity contribution in [1.82, 2.24) is 4.90 Å². The van der Waals surface area contributed by atoms with Gasteiger partial charge in [-0.05, 0) is 41.8 Å². The van der Waals surface area contributed by atoms with E-state index >= 15 is 0 Å². The number of carbonyl (C=O) groups is 2. The third-order valence-electron chi connectivity index (χ3n) is 5.69. The summed E-state index contributed by atoms with van der Waals surface area (Å²) in [4.78, 5) is 29.2. The summed E-state index contributed by atoms with van der Waals surface area (Å²) < 4.78 is 0. The van der Waals surface area contributed by atoms with Crippen molar-refractivity contribution < 1.29 is 9.59 Å². The summed E-state index contributed by atoms with van der Waals surface area (Å²) in [6.07, 6.45) is 0. The Kier molecular flexibility index (Phi) is 6.14. The number of halogens is 1. The minimum atomic E-state index is -0.165. The summed E-state index contributed by atoms with van der Waals surface area (Å²) in [6, 6.07) is 19.0. The van der Waals surface area contributed by atoms with E-state index < -0.39 is 0 Å². The minimum Gasteiger partial charge on any atom is -0.368 e. The molecule has 0 saturated carbocycles. The molecule has 0 aliphatic carbocycles. The molecule has 0 bridgehead atoms. The summed E-state index contributed by atoms with van der Waals surface area (Å²) in [5.74, 6) is 0.0843. The van der Waals surface area contributed by atoms with Crippen LogP contribution in [0.3, 0.4) is 0 Å². The molecule has 6 heteroatoms. The van der Waals surface area contributed by atoms with E-state index in [1.165, 1.54) is 0 Å². The molecule has 3 aromatic carbocycles. The Balaban J connectivity index is 1.42. The molecule has 0 radical (unpaired) electrons. The summed E-state index contributed by atoms with van der Waals surface area (Å²) in [6.45, 7) is 6.96. The van der Waals surface area contributed by atoms with Crippen molar-refractivity contribution >= 4 is 45.6 Å². The van der Waals surface area contributed by atoms with Crippen LogP contribution in [0.5, 0.6) is 0 Å². The highest BCUT2D eigenvalue weighted by atomic mass is 35.5. The second kappa shape index (κ2) is 8.98. The highest BCUT2D eigenvalue weighted by Gasteiger charge is 2.23. The smallest absolute Gasteiger partial charge is 0.256 e. The van der Waals surface area contributed by atoms with E-state index in [0.717, 1.165) is 48.3 Å². The van der Waals surface area contributed by atoms with Gasteiger partial charge in [0.1, 0.15) is 0 Å². The first-order valence-corrected chi connectivity index (χ1v) is 10.9. The van der Waals surface area contributed by atoms with E-state index in [-0.39, 0.29) is 17.7 Å². The molecular formula is C25H26ClN3O2. The van der Waals surface area contributed by atoms with Crippen molar-refractivity contribution in [2.24, 2.45) is 5.92 Å². The third-order valence-corrected chi connectivity index (χ3v) is 6.02. The van der Waals surface area contributed by atoms with Gasteiger partial charge in [-0.3, -0.25) is 9.59 Å². The van der Waals surface area contributed by atoms with Crippen LogP contribution in [-0.4, -0.2) is 42.9 Å². The molecule has 1 saturated heterocycles. The zero-order chi connectivity index (χ0) is 22.0. The SMILES string of the molecule is CC(C)C(=O)N1CCN(c2ccc(NC(=O)c3cccc4c(Cl)cccc34)cc2)CC1. The average Bonchev–Trinajstić information content (AvgIpc) is 2.79. The van der Waals surface area contributed by atoms with Crippen LogP contribution in [0.15, 0.2) is 60.7 Å². The molecule has 1 N–H and O–H groups in total. The van der Waals surface area contributed by atoms with Crippen LogP contribution in [0.2, 0.25) is 5.02 Å². The second-order valence-corrected chi connectivity index (χ2v) is 8.52. The second-order valence-electron chi connectivity index (χ2n) is 8.11. The van der Waals surface area contributed by atoms with E-state index in [1.807, 2.05) is 73.3 Å². The first-order chi connectivity index (χ1) is 14.9. The van der Waals surface area contributed by atoms with Gasteiger partial charge in [0.05, 0.1) is 0 Å². The van der Waals surface area contributed by atoms with Gasteiger partial charge >= 0.3 is 0 Å². The molecule has 31 heavy (non-hydrogen) atoms.